The maximum Gasteiger partial charge on any atom is 0.356 e. The number of hydrogen-bond donors (Lipinski definition) is 1. The molecule has 1 aromatic heterocycles. The molecule has 10 nitrogen and oxygen atoms in total. The first kappa shape index (κ1) is 30.2. The Balaban J connectivity index is 1.31. The number of carbonyl (C=O) groups excluding carboxylic acids is 1. The van der Waals surface area contributed by atoms with Crippen LogP contribution in [0.15, 0.2) is 70.9 Å². The standard InChI is InChI=1S/C27H30BrN4O6PS/c1-19-25-26(31-20(2)30-19)32(17-29-25)11-12-36-18-39(34,38-16-21-5-4-6-23(28)15-21)37-13-14-40-27(33)22-7-9-24(35-3)10-8-22/h4-10,15,17H,1,11-14,16,18H2,2-3H3,(H,30,31). The molecule has 0 radical (unpaired) electrons. The molecule has 1 atom stereocenters. The van der Waals surface area contributed by atoms with Gasteiger partial charge in [0.15, 0.2) is 5.82 Å². The topological polar surface area (TPSA) is 113 Å². The molecule has 3 aromatic rings. The van der Waals surface area contributed by atoms with Gasteiger partial charge in [-0.1, -0.05) is 46.4 Å². The summed E-state index contributed by atoms with van der Waals surface area (Å²) in [6, 6.07) is 14.4. The molecule has 0 aliphatic carbocycles. The lowest BCUT2D eigenvalue weighted by atomic mass is 10.2. The van der Waals surface area contributed by atoms with Crippen LogP contribution in [0.25, 0.3) is 5.70 Å². The van der Waals surface area contributed by atoms with Gasteiger partial charge in [-0.05, 0) is 48.9 Å². The lowest BCUT2D eigenvalue weighted by Crippen LogP contribution is -2.21. The molecule has 1 unspecified atom stereocenters. The largest absolute Gasteiger partial charge is 0.497 e. The maximum atomic E-state index is 13.6. The van der Waals surface area contributed by atoms with Gasteiger partial charge < -0.3 is 28.4 Å². The lowest BCUT2D eigenvalue weighted by Gasteiger charge is -2.19. The van der Waals surface area contributed by atoms with E-state index in [2.05, 4.69) is 37.8 Å². The Hall–Kier alpha value is -2.73. The summed E-state index contributed by atoms with van der Waals surface area (Å²) >= 11 is 4.51. The third-order valence-corrected chi connectivity index (χ3v) is 8.63. The van der Waals surface area contributed by atoms with E-state index in [0.29, 0.717) is 40.8 Å². The van der Waals surface area contributed by atoms with Gasteiger partial charge in [-0.15, -0.1) is 0 Å². The van der Waals surface area contributed by atoms with E-state index in [9.17, 15) is 9.36 Å². The van der Waals surface area contributed by atoms with Gasteiger partial charge in [-0.25, -0.2) is 9.98 Å². The van der Waals surface area contributed by atoms with Crippen LogP contribution < -0.4 is 10.1 Å². The molecule has 40 heavy (non-hydrogen) atoms. The van der Waals surface area contributed by atoms with Gasteiger partial charge in [0, 0.05) is 22.3 Å². The first-order valence-electron chi connectivity index (χ1n) is 12.3. The number of aromatic nitrogens is 2. The van der Waals surface area contributed by atoms with E-state index in [1.165, 1.54) is 0 Å². The molecule has 2 aromatic carbocycles. The fraction of sp³-hybridized carbons (Fsp3) is 0.296. The number of rotatable bonds is 14. The van der Waals surface area contributed by atoms with Crippen LogP contribution in [0.3, 0.4) is 0 Å². The lowest BCUT2D eigenvalue weighted by molar-refractivity contribution is 0.108. The van der Waals surface area contributed by atoms with Crippen LogP contribution in [0, 0.1) is 0 Å². The summed E-state index contributed by atoms with van der Waals surface area (Å²) in [5, 5.41) is 2.94. The van der Waals surface area contributed by atoms with Crippen LogP contribution in [0.2, 0.25) is 0 Å². The summed E-state index contributed by atoms with van der Waals surface area (Å²) in [5.74, 6) is 2.38. The van der Waals surface area contributed by atoms with Gasteiger partial charge in [-0.3, -0.25) is 9.36 Å². The van der Waals surface area contributed by atoms with Crippen molar-refractivity contribution >= 4 is 57.8 Å². The van der Waals surface area contributed by atoms with Crippen molar-refractivity contribution in [1.29, 1.82) is 0 Å². The summed E-state index contributed by atoms with van der Waals surface area (Å²) < 4.78 is 38.7. The molecule has 0 bridgehead atoms. The molecule has 13 heteroatoms. The van der Waals surface area contributed by atoms with Crippen molar-refractivity contribution in [1.82, 2.24) is 14.9 Å². The van der Waals surface area contributed by atoms with E-state index < -0.39 is 7.60 Å². The second-order valence-corrected chi connectivity index (χ2v) is 12.6. The normalized spacial score (nSPS) is 14.2. The minimum absolute atomic E-state index is 0.0455. The van der Waals surface area contributed by atoms with Gasteiger partial charge >= 0.3 is 7.60 Å². The smallest absolute Gasteiger partial charge is 0.356 e. The number of nitrogens with one attached hydrogen (secondary N) is 1. The Morgan fingerprint density at radius 2 is 1.98 bits per heavy atom. The molecule has 0 saturated carbocycles. The number of nitrogens with zero attached hydrogens (tertiary/aromatic N) is 3. The monoisotopic (exact) mass is 648 g/mol. The Morgan fingerprint density at radius 3 is 2.73 bits per heavy atom. The molecule has 1 aliphatic heterocycles. The first-order valence-corrected chi connectivity index (χ1v) is 15.9. The van der Waals surface area contributed by atoms with Gasteiger partial charge in [0.05, 0.1) is 39.0 Å². The maximum absolute atomic E-state index is 13.6. The quantitative estimate of drug-likeness (QED) is 0.160. The Kier molecular flexibility index (Phi) is 10.8. The highest BCUT2D eigenvalue weighted by molar-refractivity contribution is 9.10. The van der Waals surface area contributed by atoms with Crippen molar-refractivity contribution in [2.75, 3.05) is 32.4 Å². The van der Waals surface area contributed by atoms with Crippen LogP contribution >= 0.6 is 35.3 Å². The summed E-state index contributed by atoms with van der Waals surface area (Å²) in [7, 11) is -2.08. The zero-order valence-electron chi connectivity index (χ0n) is 22.2. The SMILES string of the molecule is C=C1NC(C)=Nc2c1ncn2CCOCP(=O)(OCCSC(=O)c1ccc(OC)cc1)OCc1cccc(Br)c1. The van der Waals surface area contributed by atoms with Gasteiger partial charge in [-0.2, -0.15) is 0 Å². The van der Waals surface area contributed by atoms with Crippen molar-refractivity contribution in [2.24, 2.45) is 4.99 Å². The van der Waals surface area contributed by atoms with Gasteiger partial charge in [0.25, 0.3) is 0 Å². The summed E-state index contributed by atoms with van der Waals surface area (Å²) in [6.07, 6.45) is 1.42. The third-order valence-electron chi connectivity index (χ3n) is 5.67. The van der Waals surface area contributed by atoms with Crippen molar-refractivity contribution in [3.63, 3.8) is 0 Å². The first-order chi connectivity index (χ1) is 19.3. The molecule has 212 valence electrons. The summed E-state index contributed by atoms with van der Waals surface area (Å²) in [6.45, 7) is 6.61. The highest BCUT2D eigenvalue weighted by Gasteiger charge is 2.26. The van der Waals surface area contributed by atoms with Gasteiger partial charge in [0.1, 0.15) is 23.6 Å². The summed E-state index contributed by atoms with van der Waals surface area (Å²) in [5.41, 5.74) is 2.74. The number of methoxy groups -OCH3 is 1. The van der Waals surface area contributed by atoms with E-state index in [-0.39, 0.29) is 31.3 Å². The molecule has 2 heterocycles. The number of ether oxygens (including phenoxy) is 2. The molecule has 4 rings (SSSR count). The van der Waals surface area contributed by atoms with E-state index in [1.807, 2.05) is 35.8 Å². The molecule has 0 saturated heterocycles. The average Bonchev–Trinajstić information content (AvgIpc) is 3.35. The predicted octanol–water partition coefficient (Wildman–Crippen LogP) is 6.25. The predicted molar refractivity (Wildman–Crippen MR) is 160 cm³/mol. The number of carbonyl (C=O) groups is 1. The zero-order chi connectivity index (χ0) is 28.5. The zero-order valence-corrected chi connectivity index (χ0v) is 25.5. The molecule has 1 N–H and O–H groups in total. The minimum Gasteiger partial charge on any atom is -0.497 e. The molecule has 0 spiro atoms. The van der Waals surface area contributed by atoms with Crippen LogP contribution in [0.1, 0.15) is 28.5 Å². The molecule has 0 amide bonds. The highest BCUT2D eigenvalue weighted by atomic mass is 79.9. The molecular weight excluding hydrogens is 619 g/mol. The molecule has 1 aliphatic rings. The fourth-order valence-electron chi connectivity index (χ4n) is 3.71. The average molecular weight is 650 g/mol. The number of imidazole rings is 1. The van der Waals surface area contributed by atoms with E-state index in [0.717, 1.165) is 27.6 Å². The number of fused-ring (bicyclic) bond motifs is 1. The van der Waals surface area contributed by atoms with E-state index >= 15 is 0 Å². The number of halogens is 1. The van der Waals surface area contributed by atoms with Crippen LogP contribution in [-0.4, -0.2) is 52.9 Å². The van der Waals surface area contributed by atoms with Crippen molar-refractivity contribution < 1.29 is 27.9 Å². The van der Waals surface area contributed by atoms with Gasteiger partial charge in [0.2, 0.25) is 5.12 Å². The van der Waals surface area contributed by atoms with Crippen LogP contribution in [0.5, 0.6) is 5.75 Å². The minimum atomic E-state index is -3.65. The number of hydrogen-bond acceptors (Lipinski definition) is 10. The number of aliphatic imine (C=N–C) groups is 1. The Morgan fingerprint density at radius 1 is 1.18 bits per heavy atom. The van der Waals surface area contributed by atoms with Crippen molar-refractivity contribution in [3.05, 3.63) is 82.7 Å². The van der Waals surface area contributed by atoms with Crippen LogP contribution in [-0.2, 0) is 31.5 Å². The summed E-state index contributed by atoms with van der Waals surface area (Å²) in [4.78, 5) is 21.3. The van der Waals surface area contributed by atoms with Crippen molar-refractivity contribution in [3.8, 4) is 5.75 Å². The second kappa shape index (κ2) is 14.2. The van der Waals surface area contributed by atoms with E-state index in [4.69, 9.17) is 18.5 Å². The third kappa shape index (κ3) is 8.39. The van der Waals surface area contributed by atoms with E-state index in [1.54, 1.807) is 37.7 Å². The second-order valence-electron chi connectivity index (χ2n) is 8.66. The number of benzene rings is 2. The molecule has 0 fully saturated rings. The Bertz CT molecular complexity index is 1430. The van der Waals surface area contributed by atoms with Crippen molar-refractivity contribution in [2.45, 2.75) is 20.1 Å². The number of amidine groups is 1. The number of thioether (sulfide) groups is 1. The highest BCUT2D eigenvalue weighted by Crippen LogP contribution is 2.49. The van der Waals surface area contributed by atoms with Crippen LogP contribution in [0.4, 0.5) is 5.82 Å². The molecular formula is C27H30BrN4O6PS. The Labute approximate surface area is 245 Å². The fourth-order valence-corrected chi connectivity index (χ4v) is 6.22.